The van der Waals surface area contributed by atoms with Crippen molar-refractivity contribution in [3.63, 3.8) is 0 Å². The largest absolute Gasteiger partial charge is 0.497 e. The van der Waals surface area contributed by atoms with Crippen molar-refractivity contribution in [2.45, 2.75) is 0 Å². The zero-order valence-electron chi connectivity index (χ0n) is 14.9. The van der Waals surface area contributed by atoms with E-state index in [9.17, 15) is 14.9 Å². The average molecular weight is 372 g/mol. The first-order valence-electron chi connectivity index (χ1n) is 8.49. The summed E-state index contributed by atoms with van der Waals surface area (Å²) in [5, 5.41) is 11.1. The minimum Gasteiger partial charge on any atom is -0.497 e. The van der Waals surface area contributed by atoms with Gasteiger partial charge in [0, 0.05) is 30.8 Å². The normalized spacial score (nSPS) is 13.9. The summed E-state index contributed by atoms with van der Waals surface area (Å²) >= 11 is 0. The summed E-state index contributed by atoms with van der Waals surface area (Å²) in [6, 6.07) is 11.4. The van der Waals surface area contributed by atoms with E-state index in [1.165, 1.54) is 18.2 Å². The summed E-state index contributed by atoms with van der Waals surface area (Å²) in [5.41, 5.74) is 1.22. The van der Waals surface area contributed by atoms with Gasteiger partial charge in [-0.05, 0) is 23.8 Å². The lowest BCUT2D eigenvalue weighted by Crippen LogP contribution is -2.43. The van der Waals surface area contributed by atoms with E-state index in [2.05, 4.69) is 0 Å². The van der Waals surface area contributed by atoms with E-state index < -0.39 is 4.92 Å². The van der Waals surface area contributed by atoms with Crippen LogP contribution in [0.25, 0.3) is 11.1 Å². The number of nitro benzene ring substituents is 1. The van der Waals surface area contributed by atoms with Crippen LogP contribution >= 0.6 is 0 Å². The average Bonchev–Trinajstić information content (AvgIpc) is 2.72. The van der Waals surface area contributed by atoms with E-state index in [1.54, 1.807) is 36.3 Å². The number of hydrogen-bond acceptors (Lipinski definition) is 6. The molecular formula is C19H20N2O6. The number of methoxy groups -OCH3 is 1. The van der Waals surface area contributed by atoms with E-state index in [0.29, 0.717) is 43.4 Å². The van der Waals surface area contributed by atoms with E-state index in [1.807, 2.05) is 0 Å². The van der Waals surface area contributed by atoms with Gasteiger partial charge < -0.3 is 19.1 Å². The van der Waals surface area contributed by atoms with Crippen molar-refractivity contribution in [1.29, 1.82) is 0 Å². The topological polar surface area (TPSA) is 91.1 Å². The standard InChI is InChI=1S/C19H20N2O6/c1-25-16-5-2-14(3-6-16)17-12-15(21(23)24)4-7-18(17)27-13-19(22)20-8-10-26-11-9-20/h2-7,12H,8-11,13H2,1H3. The number of morpholine rings is 1. The molecule has 8 heteroatoms. The Bertz CT molecular complexity index is 815. The Labute approximate surface area is 156 Å². The summed E-state index contributed by atoms with van der Waals surface area (Å²) in [6.45, 7) is 1.96. The van der Waals surface area contributed by atoms with Gasteiger partial charge in [-0.3, -0.25) is 14.9 Å². The van der Waals surface area contributed by atoms with E-state index >= 15 is 0 Å². The molecule has 1 aliphatic rings. The molecule has 0 unspecified atom stereocenters. The second-order valence-corrected chi connectivity index (χ2v) is 5.95. The SMILES string of the molecule is COc1ccc(-c2cc([N+](=O)[O-])ccc2OCC(=O)N2CCOCC2)cc1. The minimum absolute atomic E-state index is 0.0485. The van der Waals surface area contributed by atoms with Crippen LogP contribution in [0.15, 0.2) is 42.5 Å². The van der Waals surface area contributed by atoms with Gasteiger partial charge in [0.2, 0.25) is 0 Å². The summed E-state index contributed by atoms with van der Waals surface area (Å²) in [7, 11) is 1.56. The maximum absolute atomic E-state index is 12.3. The number of non-ortho nitro benzene ring substituents is 1. The van der Waals surface area contributed by atoms with E-state index in [0.717, 1.165) is 5.56 Å². The number of rotatable bonds is 6. The van der Waals surface area contributed by atoms with Crippen molar-refractivity contribution >= 4 is 11.6 Å². The molecule has 2 aromatic rings. The smallest absolute Gasteiger partial charge is 0.270 e. The monoisotopic (exact) mass is 372 g/mol. The van der Waals surface area contributed by atoms with Crippen LogP contribution in [0, 0.1) is 10.1 Å². The van der Waals surface area contributed by atoms with E-state index in [4.69, 9.17) is 14.2 Å². The van der Waals surface area contributed by atoms with Crippen LogP contribution in [-0.2, 0) is 9.53 Å². The third kappa shape index (κ3) is 4.53. The van der Waals surface area contributed by atoms with E-state index in [-0.39, 0.29) is 18.2 Å². The molecule has 0 spiro atoms. The molecule has 0 radical (unpaired) electrons. The molecule has 0 aromatic heterocycles. The molecule has 0 N–H and O–H groups in total. The van der Waals surface area contributed by atoms with Gasteiger partial charge in [0.1, 0.15) is 11.5 Å². The maximum Gasteiger partial charge on any atom is 0.270 e. The molecule has 1 saturated heterocycles. The van der Waals surface area contributed by atoms with Crippen molar-refractivity contribution in [1.82, 2.24) is 4.90 Å². The molecule has 3 rings (SSSR count). The highest BCUT2D eigenvalue weighted by atomic mass is 16.6. The maximum atomic E-state index is 12.3. The highest BCUT2D eigenvalue weighted by Gasteiger charge is 2.19. The molecular weight excluding hydrogens is 352 g/mol. The molecule has 2 aromatic carbocycles. The number of benzene rings is 2. The number of ether oxygens (including phenoxy) is 3. The molecule has 1 fully saturated rings. The predicted molar refractivity (Wildman–Crippen MR) is 98.0 cm³/mol. The van der Waals surface area contributed by atoms with Gasteiger partial charge in [0.05, 0.1) is 25.2 Å². The molecule has 27 heavy (non-hydrogen) atoms. The fourth-order valence-electron chi connectivity index (χ4n) is 2.80. The Morgan fingerprint density at radius 2 is 1.89 bits per heavy atom. The number of carbonyl (C=O) groups is 1. The van der Waals surface area contributed by atoms with Crippen LogP contribution in [0.4, 0.5) is 5.69 Å². The molecule has 1 aliphatic heterocycles. The van der Waals surface area contributed by atoms with Gasteiger partial charge in [-0.1, -0.05) is 12.1 Å². The van der Waals surface area contributed by atoms with Crippen LogP contribution in [0.3, 0.4) is 0 Å². The van der Waals surface area contributed by atoms with Crippen LogP contribution < -0.4 is 9.47 Å². The number of hydrogen-bond donors (Lipinski definition) is 0. The summed E-state index contributed by atoms with van der Waals surface area (Å²) < 4.78 is 16.1. The van der Waals surface area contributed by atoms with Crippen LogP contribution in [0.1, 0.15) is 0 Å². The molecule has 1 heterocycles. The lowest BCUT2D eigenvalue weighted by Gasteiger charge is -2.26. The lowest BCUT2D eigenvalue weighted by atomic mass is 10.0. The van der Waals surface area contributed by atoms with Crippen LogP contribution in [0.5, 0.6) is 11.5 Å². The van der Waals surface area contributed by atoms with Gasteiger partial charge >= 0.3 is 0 Å². The Kier molecular flexibility index (Phi) is 5.87. The third-order valence-corrected chi connectivity index (χ3v) is 4.29. The van der Waals surface area contributed by atoms with Gasteiger partial charge in [-0.2, -0.15) is 0 Å². The van der Waals surface area contributed by atoms with Crippen molar-refractivity contribution in [3.8, 4) is 22.6 Å². The molecule has 8 nitrogen and oxygen atoms in total. The number of nitrogens with zero attached hydrogens (tertiary/aromatic N) is 2. The van der Waals surface area contributed by atoms with Crippen molar-refractivity contribution in [2.24, 2.45) is 0 Å². The van der Waals surface area contributed by atoms with Gasteiger partial charge in [-0.15, -0.1) is 0 Å². The minimum atomic E-state index is -0.463. The first-order valence-corrected chi connectivity index (χ1v) is 8.49. The second-order valence-electron chi connectivity index (χ2n) is 5.95. The van der Waals surface area contributed by atoms with Crippen molar-refractivity contribution in [3.05, 3.63) is 52.6 Å². The van der Waals surface area contributed by atoms with Crippen molar-refractivity contribution < 1.29 is 23.9 Å². The highest BCUT2D eigenvalue weighted by Crippen LogP contribution is 2.34. The summed E-state index contributed by atoms with van der Waals surface area (Å²) in [6.07, 6.45) is 0. The van der Waals surface area contributed by atoms with Crippen LogP contribution in [-0.4, -0.2) is 55.8 Å². The zero-order chi connectivity index (χ0) is 19.2. The molecule has 142 valence electrons. The molecule has 1 amide bonds. The second kappa shape index (κ2) is 8.50. The quantitative estimate of drug-likeness (QED) is 0.572. The molecule has 0 saturated carbocycles. The first kappa shape index (κ1) is 18.7. The fraction of sp³-hybridized carbons (Fsp3) is 0.316. The number of nitro groups is 1. The number of carbonyl (C=O) groups excluding carboxylic acids is 1. The third-order valence-electron chi connectivity index (χ3n) is 4.29. The summed E-state index contributed by atoms with van der Waals surface area (Å²) in [4.78, 5) is 24.7. The van der Waals surface area contributed by atoms with Crippen LogP contribution in [0.2, 0.25) is 0 Å². The Morgan fingerprint density at radius 3 is 2.52 bits per heavy atom. The van der Waals surface area contributed by atoms with Crippen molar-refractivity contribution in [2.75, 3.05) is 40.0 Å². The van der Waals surface area contributed by atoms with Gasteiger partial charge in [0.25, 0.3) is 11.6 Å². The fourth-order valence-corrected chi connectivity index (χ4v) is 2.80. The summed E-state index contributed by atoms with van der Waals surface area (Å²) in [5.74, 6) is 0.943. The molecule has 0 aliphatic carbocycles. The lowest BCUT2D eigenvalue weighted by molar-refractivity contribution is -0.384. The highest BCUT2D eigenvalue weighted by molar-refractivity contribution is 5.79. The zero-order valence-corrected chi connectivity index (χ0v) is 14.9. The van der Waals surface area contributed by atoms with Gasteiger partial charge in [-0.25, -0.2) is 0 Å². The first-order chi connectivity index (χ1) is 13.1. The predicted octanol–water partition coefficient (Wildman–Crippen LogP) is 2.51. The Hall–Kier alpha value is -3.13. The Balaban J connectivity index is 1.82. The van der Waals surface area contributed by atoms with Gasteiger partial charge in [0.15, 0.2) is 6.61 Å². The number of amides is 1. The molecule has 0 atom stereocenters. The molecule has 0 bridgehead atoms. The Morgan fingerprint density at radius 1 is 1.19 bits per heavy atom.